The summed E-state index contributed by atoms with van der Waals surface area (Å²) in [6, 6.07) is 9.57. The molecular weight excluding hydrogens is 352 g/mol. The Kier molecular flexibility index (Phi) is 6.43. The Morgan fingerprint density at radius 2 is 2.20 bits per heavy atom. The Morgan fingerprint density at radius 3 is 2.92 bits per heavy atom. The molecule has 1 aromatic carbocycles. The monoisotopic (exact) mass is 369 g/mol. The Hall–Kier alpha value is -2.52. The largest absolute Gasteiger partial charge is 0.455 e. The summed E-state index contributed by atoms with van der Waals surface area (Å²) >= 11 is 4.92. The predicted octanol–water partition coefficient (Wildman–Crippen LogP) is 2.73. The van der Waals surface area contributed by atoms with Crippen LogP contribution in [0.3, 0.4) is 0 Å². The quantitative estimate of drug-likeness (QED) is 0.396. The van der Waals surface area contributed by atoms with Gasteiger partial charge in [-0.15, -0.1) is 0 Å². The van der Waals surface area contributed by atoms with Crippen molar-refractivity contribution in [2.24, 2.45) is 5.10 Å². The van der Waals surface area contributed by atoms with Crippen LogP contribution in [0, 0.1) is 0 Å². The van der Waals surface area contributed by atoms with Crippen LogP contribution in [0.15, 0.2) is 45.9 Å². The molecule has 2 aromatic rings. The molecule has 25 heavy (non-hydrogen) atoms. The molecule has 0 unspecified atom stereocenters. The number of rotatable bonds is 7. The van der Waals surface area contributed by atoms with Crippen LogP contribution in [-0.4, -0.2) is 35.7 Å². The average Bonchev–Trinajstić information content (AvgIpc) is 3.00. The Balaban J connectivity index is 2.01. The molecule has 9 heteroatoms. The Morgan fingerprint density at radius 1 is 1.40 bits per heavy atom. The minimum Gasteiger partial charge on any atom is -0.455 e. The summed E-state index contributed by atoms with van der Waals surface area (Å²) in [5.74, 6) is 0.963. The number of hydrogen-bond acceptors (Lipinski definition) is 5. The van der Waals surface area contributed by atoms with Gasteiger partial charge in [-0.25, -0.2) is 0 Å². The highest BCUT2D eigenvalue weighted by atomic mass is 32.1. The van der Waals surface area contributed by atoms with Crippen molar-refractivity contribution in [2.45, 2.75) is 13.0 Å². The molecule has 0 aliphatic carbocycles. The molecule has 0 saturated heterocycles. The zero-order valence-corrected chi connectivity index (χ0v) is 14.1. The van der Waals surface area contributed by atoms with Gasteiger partial charge in [0.1, 0.15) is 17.3 Å². The molecule has 2 rings (SSSR count). The highest BCUT2D eigenvalue weighted by molar-refractivity contribution is 7.80. The lowest BCUT2D eigenvalue weighted by molar-refractivity contribution is -0.158. The van der Waals surface area contributed by atoms with E-state index in [-0.39, 0.29) is 17.5 Å². The summed E-state index contributed by atoms with van der Waals surface area (Å²) in [5.41, 5.74) is 3.16. The van der Waals surface area contributed by atoms with Crippen molar-refractivity contribution in [1.29, 1.82) is 0 Å². The molecule has 0 amide bonds. The second-order valence-electron chi connectivity index (χ2n) is 4.99. The summed E-state index contributed by atoms with van der Waals surface area (Å²) in [4.78, 5) is 0. The van der Waals surface area contributed by atoms with E-state index in [4.69, 9.17) is 21.7 Å². The van der Waals surface area contributed by atoms with Crippen LogP contribution < -0.4 is 15.5 Å². The van der Waals surface area contributed by atoms with Crippen molar-refractivity contribution in [2.75, 3.05) is 13.2 Å². The summed E-state index contributed by atoms with van der Waals surface area (Å²) in [6.07, 6.45) is -1.84. The van der Waals surface area contributed by atoms with Gasteiger partial charge in [-0.1, -0.05) is 12.1 Å². The molecule has 0 saturated carbocycles. The molecular formula is C16H17F2N3O3S. The number of hydrazone groups is 1. The minimum absolute atomic E-state index is 0.0404. The first-order valence-electron chi connectivity index (χ1n) is 7.32. The average molecular weight is 369 g/mol. The summed E-state index contributed by atoms with van der Waals surface area (Å²) in [5, 5.41) is 15.5. The molecule has 0 radical (unpaired) electrons. The first kappa shape index (κ1) is 18.8. The third-order valence-electron chi connectivity index (χ3n) is 2.80. The molecule has 0 atom stereocenters. The van der Waals surface area contributed by atoms with Crippen molar-refractivity contribution in [1.82, 2.24) is 10.7 Å². The number of ether oxygens (including phenoxy) is 1. The van der Waals surface area contributed by atoms with E-state index in [1.165, 1.54) is 18.3 Å². The molecule has 0 aliphatic heterocycles. The van der Waals surface area contributed by atoms with Crippen molar-refractivity contribution in [3.63, 3.8) is 0 Å². The topological polar surface area (TPSA) is 79.0 Å². The van der Waals surface area contributed by atoms with Crippen LogP contribution in [-0.2, 0) is 0 Å². The van der Waals surface area contributed by atoms with Gasteiger partial charge in [-0.3, -0.25) is 5.43 Å². The number of benzene rings is 1. The van der Waals surface area contributed by atoms with Crippen molar-refractivity contribution >= 4 is 23.5 Å². The van der Waals surface area contributed by atoms with E-state index in [0.29, 0.717) is 30.6 Å². The molecule has 0 bridgehead atoms. The van der Waals surface area contributed by atoms with Gasteiger partial charge in [0.05, 0.1) is 12.8 Å². The normalized spacial score (nSPS) is 11.5. The lowest BCUT2D eigenvalue weighted by Gasteiger charge is -2.13. The summed E-state index contributed by atoms with van der Waals surface area (Å²) < 4.78 is 36.0. The number of aliphatic hydroxyl groups is 1. The first-order valence-corrected chi connectivity index (χ1v) is 7.73. The number of halogens is 2. The van der Waals surface area contributed by atoms with E-state index in [1.54, 1.807) is 24.3 Å². The van der Waals surface area contributed by atoms with Gasteiger partial charge in [-0.2, -0.15) is 13.9 Å². The zero-order chi connectivity index (χ0) is 18.3. The van der Waals surface area contributed by atoms with Gasteiger partial charge >= 0.3 is 6.11 Å². The standard InChI is InChI=1S/C16H17F2N3O3S/c1-16(17,18)24-12-4-2-3-11(9-12)14-6-5-13(23-14)10-20-21-15(25)19-7-8-22/h2-6,9-10,22H,7-8H2,1H3,(H2,19,21,25)/b20-10+. The Bertz CT molecular complexity index is 744. The van der Waals surface area contributed by atoms with Crippen molar-refractivity contribution in [3.05, 3.63) is 42.2 Å². The van der Waals surface area contributed by atoms with Crippen LogP contribution in [0.4, 0.5) is 8.78 Å². The number of furan rings is 1. The molecule has 6 nitrogen and oxygen atoms in total. The van der Waals surface area contributed by atoms with Crippen LogP contribution in [0.2, 0.25) is 0 Å². The Labute approximate surface area is 148 Å². The van der Waals surface area contributed by atoms with E-state index in [2.05, 4.69) is 20.6 Å². The summed E-state index contributed by atoms with van der Waals surface area (Å²) in [6.45, 7) is 0.954. The highest BCUT2D eigenvalue weighted by Crippen LogP contribution is 2.28. The number of aliphatic hydroxyl groups excluding tert-OH is 1. The zero-order valence-electron chi connectivity index (χ0n) is 13.3. The second kappa shape index (κ2) is 8.54. The van der Waals surface area contributed by atoms with E-state index in [0.717, 1.165) is 0 Å². The minimum atomic E-state index is -3.26. The maximum atomic E-state index is 12.9. The molecule has 3 N–H and O–H groups in total. The SMILES string of the molecule is CC(F)(F)Oc1cccc(-c2ccc(/C=N/NC(=S)NCCO)o2)c1. The number of hydrogen-bond donors (Lipinski definition) is 3. The van der Waals surface area contributed by atoms with Crippen LogP contribution >= 0.6 is 12.2 Å². The third-order valence-corrected chi connectivity index (χ3v) is 3.03. The predicted molar refractivity (Wildman–Crippen MR) is 93.8 cm³/mol. The molecule has 1 aromatic heterocycles. The lowest BCUT2D eigenvalue weighted by atomic mass is 10.1. The lowest BCUT2D eigenvalue weighted by Crippen LogP contribution is -2.33. The van der Waals surface area contributed by atoms with Gasteiger partial charge in [0, 0.05) is 19.0 Å². The fourth-order valence-corrected chi connectivity index (χ4v) is 2.02. The number of thiocarbonyl (C=S) groups is 1. The maximum Gasteiger partial charge on any atom is 0.394 e. The van der Waals surface area contributed by atoms with Gasteiger partial charge in [0.2, 0.25) is 0 Å². The van der Waals surface area contributed by atoms with Gasteiger partial charge in [0.15, 0.2) is 5.11 Å². The fraction of sp³-hybridized carbons (Fsp3) is 0.250. The second-order valence-corrected chi connectivity index (χ2v) is 5.40. The van der Waals surface area contributed by atoms with Crippen molar-refractivity contribution < 1.29 is 23.0 Å². The first-order chi connectivity index (χ1) is 11.9. The van der Waals surface area contributed by atoms with E-state index in [1.807, 2.05) is 0 Å². The van der Waals surface area contributed by atoms with Crippen LogP contribution in [0.1, 0.15) is 12.7 Å². The van der Waals surface area contributed by atoms with E-state index >= 15 is 0 Å². The van der Waals surface area contributed by atoms with Gasteiger partial charge in [0.25, 0.3) is 0 Å². The van der Waals surface area contributed by atoms with E-state index < -0.39 is 6.11 Å². The van der Waals surface area contributed by atoms with Crippen LogP contribution in [0.25, 0.3) is 11.3 Å². The highest BCUT2D eigenvalue weighted by Gasteiger charge is 2.23. The van der Waals surface area contributed by atoms with Crippen molar-refractivity contribution in [3.8, 4) is 17.1 Å². The summed E-state index contributed by atoms with van der Waals surface area (Å²) in [7, 11) is 0. The van der Waals surface area contributed by atoms with Gasteiger partial charge in [-0.05, 0) is 36.5 Å². The maximum absolute atomic E-state index is 12.9. The number of nitrogens with zero attached hydrogens (tertiary/aromatic N) is 1. The smallest absolute Gasteiger partial charge is 0.394 e. The van der Waals surface area contributed by atoms with E-state index in [9.17, 15) is 8.78 Å². The number of nitrogens with one attached hydrogen (secondary N) is 2. The molecule has 0 aliphatic rings. The third kappa shape index (κ3) is 6.48. The molecule has 134 valence electrons. The van der Waals surface area contributed by atoms with Crippen LogP contribution in [0.5, 0.6) is 5.75 Å². The fourth-order valence-electron chi connectivity index (χ4n) is 1.86. The number of alkyl halides is 2. The molecule has 0 fully saturated rings. The van der Waals surface area contributed by atoms with Gasteiger partial charge < -0.3 is 19.6 Å². The molecule has 1 heterocycles. The molecule has 0 spiro atoms.